The molecule has 1 aliphatic rings. The van der Waals surface area contributed by atoms with E-state index in [2.05, 4.69) is 18.2 Å². The molecular formula is C19H24O2. The molecule has 2 rings (SSSR count). The van der Waals surface area contributed by atoms with Gasteiger partial charge in [-0.15, -0.1) is 0 Å². The van der Waals surface area contributed by atoms with Crippen molar-refractivity contribution in [3.05, 3.63) is 47.5 Å². The largest absolute Gasteiger partial charge is 0.303 e. The lowest BCUT2D eigenvalue weighted by Gasteiger charge is -2.18. The van der Waals surface area contributed by atoms with Crippen LogP contribution in [0, 0.1) is 5.92 Å². The maximum Gasteiger partial charge on any atom is 0.133 e. The van der Waals surface area contributed by atoms with Crippen molar-refractivity contribution in [1.82, 2.24) is 0 Å². The Labute approximate surface area is 127 Å². The highest BCUT2D eigenvalue weighted by Crippen LogP contribution is 2.26. The Morgan fingerprint density at radius 1 is 1.19 bits per heavy atom. The molecule has 0 aliphatic heterocycles. The molecule has 0 bridgehead atoms. The zero-order valence-electron chi connectivity index (χ0n) is 12.6. The van der Waals surface area contributed by atoms with Crippen molar-refractivity contribution < 1.29 is 9.59 Å². The standard InChI is InChI=1S/C19H24O2/c20-15-18(17-11-5-2-6-12-17)14-19(21)13-7-10-16-8-3-1-4-9-16/h1,3-4,8-9,11,15,18H,2,5-7,10,12-14H2. The second kappa shape index (κ2) is 8.56. The summed E-state index contributed by atoms with van der Waals surface area (Å²) in [6.45, 7) is 0. The normalized spacial score (nSPS) is 16.1. The summed E-state index contributed by atoms with van der Waals surface area (Å²) in [5.74, 6) is 0.0454. The molecule has 0 radical (unpaired) electrons. The van der Waals surface area contributed by atoms with Crippen LogP contribution in [-0.2, 0) is 16.0 Å². The summed E-state index contributed by atoms with van der Waals surface area (Å²) in [5, 5.41) is 0. The fraction of sp³-hybridized carbons (Fsp3) is 0.474. The van der Waals surface area contributed by atoms with Gasteiger partial charge in [0.15, 0.2) is 0 Å². The number of carbonyl (C=O) groups is 2. The molecular weight excluding hydrogens is 260 g/mol. The molecule has 2 heteroatoms. The predicted octanol–water partition coefficient (Wildman–Crippen LogP) is 4.28. The first-order valence-electron chi connectivity index (χ1n) is 7.99. The third-order valence-electron chi connectivity index (χ3n) is 4.18. The molecule has 0 aromatic heterocycles. The number of aryl methyl sites for hydroxylation is 1. The van der Waals surface area contributed by atoms with Gasteiger partial charge in [0.05, 0.1) is 0 Å². The maximum absolute atomic E-state index is 12.1. The molecule has 1 aromatic carbocycles. The third kappa shape index (κ3) is 5.30. The minimum atomic E-state index is -0.172. The van der Waals surface area contributed by atoms with Crippen LogP contribution in [0.2, 0.25) is 0 Å². The molecule has 0 N–H and O–H groups in total. The van der Waals surface area contributed by atoms with Gasteiger partial charge >= 0.3 is 0 Å². The Balaban J connectivity index is 1.75. The number of Topliss-reactive ketones (excluding diaryl/α,β-unsaturated/α-hetero) is 1. The first-order chi connectivity index (χ1) is 10.3. The average molecular weight is 284 g/mol. The van der Waals surface area contributed by atoms with Gasteiger partial charge in [-0.2, -0.15) is 0 Å². The van der Waals surface area contributed by atoms with Gasteiger partial charge in [0.1, 0.15) is 12.1 Å². The van der Waals surface area contributed by atoms with Gasteiger partial charge in [0.2, 0.25) is 0 Å². The van der Waals surface area contributed by atoms with Crippen molar-refractivity contribution in [3.8, 4) is 0 Å². The van der Waals surface area contributed by atoms with Crippen LogP contribution < -0.4 is 0 Å². The van der Waals surface area contributed by atoms with Crippen molar-refractivity contribution >= 4 is 12.1 Å². The van der Waals surface area contributed by atoms with Gasteiger partial charge in [-0.1, -0.05) is 42.0 Å². The molecule has 1 unspecified atom stereocenters. The third-order valence-corrected chi connectivity index (χ3v) is 4.18. The van der Waals surface area contributed by atoms with E-state index < -0.39 is 0 Å². The second-order valence-corrected chi connectivity index (χ2v) is 5.85. The number of aldehydes is 1. The molecule has 0 amide bonds. The summed E-state index contributed by atoms with van der Waals surface area (Å²) in [5.41, 5.74) is 2.46. The van der Waals surface area contributed by atoms with Crippen molar-refractivity contribution in [2.75, 3.05) is 0 Å². The Hall–Kier alpha value is -1.70. The molecule has 1 atom stereocenters. The lowest BCUT2D eigenvalue weighted by Crippen LogP contribution is -2.14. The van der Waals surface area contributed by atoms with E-state index in [4.69, 9.17) is 0 Å². The summed E-state index contributed by atoms with van der Waals surface area (Å²) in [6.07, 6.45) is 10.3. The maximum atomic E-state index is 12.1. The molecule has 1 aromatic rings. The number of rotatable bonds is 8. The van der Waals surface area contributed by atoms with E-state index in [0.29, 0.717) is 12.8 Å². The number of hydrogen-bond acceptors (Lipinski definition) is 2. The summed E-state index contributed by atoms with van der Waals surface area (Å²) >= 11 is 0. The number of benzene rings is 1. The molecule has 0 fully saturated rings. The Morgan fingerprint density at radius 3 is 2.67 bits per heavy atom. The van der Waals surface area contributed by atoms with E-state index in [9.17, 15) is 9.59 Å². The van der Waals surface area contributed by atoms with Gasteiger partial charge in [-0.25, -0.2) is 0 Å². The molecule has 2 nitrogen and oxygen atoms in total. The van der Waals surface area contributed by atoms with E-state index >= 15 is 0 Å². The first-order valence-corrected chi connectivity index (χ1v) is 7.99. The number of hydrogen-bond donors (Lipinski definition) is 0. The highest BCUT2D eigenvalue weighted by molar-refractivity contribution is 5.82. The number of ketones is 1. The quantitative estimate of drug-likeness (QED) is 0.527. The van der Waals surface area contributed by atoms with Crippen LogP contribution in [0.15, 0.2) is 42.0 Å². The molecule has 1 aliphatic carbocycles. The summed E-state index contributed by atoms with van der Waals surface area (Å²) in [6, 6.07) is 10.2. The molecule has 0 spiro atoms. The predicted molar refractivity (Wildman–Crippen MR) is 85.1 cm³/mol. The minimum Gasteiger partial charge on any atom is -0.303 e. The average Bonchev–Trinajstić information content (AvgIpc) is 2.54. The summed E-state index contributed by atoms with van der Waals surface area (Å²) < 4.78 is 0. The van der Waals surface area contributed by atoms with E-state index in [1.807, 2.05) is 18.2 Å². The van der Waals surface area contributed by atoms with Crippen LogP contribution in [0.5, 0.6) is 0 Å². The fourth-order valence-electron chi connectivity index (χ4n) is 2.95. The minimum absolute atomic E-state index is 0.172. The molecule has 0 saturated carbocycles. The van der Waals surface area contributed by atoms with E-state index in [0.717, 1.165) is 38.4 Å². The van der Waals surface area contributed by atoms with Crippen molar-refractivity contribution in [1.29, 1.82) is 0 Å². The van der Waals surface area contributed by atoms with Gasteiger partial charge in [-0.3, -0.25) is 4.79 Å². The summed E-state index contributed by atoms with van der Waals surface area (Å²) in [7, 11) is 0. The van der Waals surface area contributed by atoms with Crippen LogP contribution in [0.4, 0.5) is 0 Å². The molecule has 112 valence electrons. The number of allylic oxidation sites excluding steroid dienone is 2. The van der Waals surface area contributed by atoms with Crippen LogP contribution in [0.1, 0.15) is 50.5 Å². The SMILES string of the molecule is O=CC(CC(=O)CCCc1ccccc1)C1=CCCCC1. The van der Waals surface area contributed by atoms with Crippen molar-refractivity contribution in [2.24, 2.45) is 5.92 Å². The van der Waals surface area contributed by atoms with Crippen LogP contribution >= 0.6 is 0 Å². The Morgan fingerprint density at radius 2 is 2.00 bits per heavy atom. The Kier molecular flexibility index (Phi) is 6.39. The zero-order chi connectivity index (χ0) is 14.9. The van der Waals surface area contributed by atoms with E-state index in [-0.39, 0.29) is 11.7 Å². The molecule has 21 heavy (non-hydrogen) atoms. The Bertz CT molecular complexity index is 488. The highest BCUT2D eigenvalue weighted by atomic mass is 16.1. The van der Waals surface area contributed by atoms with Gasteiger partial charge in [0.25, 0.3) is 0 Å². The monoisotopic (exact) mass is 284 g/mol. The fourth-order valence-corrected chi connectivity index (χ4v) is 2.95. The number of carbonyl (C=O) groups excluding carboxylic acids is 2. The highest BCUT2D eigenvalue weighted by Gasteiger charge is 2.18. The smallest absolute Gasteiger partial charge is 0.133 e. The molecule has 0 heterocycles. The zero-order valence-corrected chi connectivity index (χ0v) is 12.6. The lowest BCUT2D eigenvalue weighted by molar-refractivity contribution is -0.122. The van der Waals surface area contributed by atoms with Crippen molar-refractivity contribution in [2.45, 2.75) is 51.4 Å². The summed E-state index contributed by atoms with van der Waals surface area (Å²) in [4.78, 5) is 23.3. The first kappa shape index (κ1) is 15.7. The van der Waals surface area contributed by atoms with Gasteiger partial charge < -0.3 is 4.79 Å². The van der Waals surface area contributed by atoms with Gasteiger partial charge in [-0.05, 0) is 44.1 Å². The van der Waals surface area contributed by atoms with E-state index in [1.165, 1.54) is 17.6 Å². The topological polar surface area (TPSA) is 34.1 Å². The van der Waals surface area contributed by atoms with Crippen molar-refractivity contribution in [3.63, 3.8) is 0 Å². The lowest BCUT2D eigenvalue weighted by atomic mass is 9.86. The molecule has 0 saturated heterocycles. The van der Waals surface area contributed by atoms with Crippen LogP contribution in [0.25, 0.3) is 0 Å². The van der Waals surface area contributed by atoms with Gasteiger partial charge in [0, 0.05) is 18.8 Å². The van der Waals surface area contributed by atoms with Crippen LogP contribution in [-0.4, -0.2) is 12.1 Å². The van der Waals surface area contributed by atoms with E-state index in [1.54, 1.807) is 0 Å². The second-order valence-electron chi connectivity index (χ2n) is 5.85. The van der Waals surface area contributed by atoms with Crippen LogP contribution in [0.3, 0.4) is 0 Å².